The van der Waals surface area contributed by atoms with E-state index in [0.29, 0.717) is 6.54 Å². The summed E-state index contributed by atoms with van der Waals surface area (Å²) in [4.78, 5) is 6.70. The number of aryl methyl sites for hydroxylation is 2. The van der Waals surface area contributed by atoms with Crippen LogP contribution in [0.15, 0.2) is 30.6 Å². The second kappa shape index (κ2) is 7.05. The first-order chi connectivity index (χ1) is 9.76. The molecule has 0 aliphatic carbocycles. The number of hydrogen-bond acceptors (Lipinski definition) is 4. The van der Waals surface area contributed by atoms with E-state index in [1.54, 1.807) is 6.33 Å². The van der Waals surface area contributed by atoms with Crippen molar-refractivity contribution in [1.82, 2.24) is 14.8 Å². The Labute approximate surface area is 120 Å². The predicted octanol–water partition coefficient (Wildman–Crippen LogP) is 1.96. The van der Waals surface area contributed by atoms with Crippen LogP contribution in [0.4, 0.5) is 5.69 Å². The zero-order valence-electron chi connectivity index (χ0n) is 12.3. The molecular formula is C15H23N5. The topological polar surface area (TPSA) is 60.0 Å². The Balaban J connectivity index is 2.22. The molecule has 1 heterocycles. The van der Waals surface area contributed by atoms with E-state index in [-0.39, 0.29) is 0 Å². The number of aromatic nitrogens is 3. The lowest BCUT2D eigenvalue weighted by molar-refractivity contribution is 0.597. The SMILES string of the molecule is CCn1ncnc1CN(CCCN)c1ccccc1C. The molecule has 2 aromatic rings. The molecule has 1 aromatic heterocycles. The fourth-order valence-corrected chi connectivity index (χ4v) is 2.33. The van der Waals surface area contributed by atoms with Crippen molar-refractivity contribution in [2.24, 2.45) is 5.73 Å². The third-order valence-corrected chi connectivity index (χ3v) is 3.42. The number of hydrogen-bond donors (Lipinski definition) is 1. The highest BCUT2D eigenvalue weighted by Gasteiger charge is 2.12. The smallest absolute Gasteiger partial charge is 0.146 e. The van der Waals surface area contributed by atoms with Crippen molar-refractivity contribution in [2.45, 2.75) is 33.4 Å². The third-order valence-electron chi connectivity index (χ3n) is 3.42. The molecule has 0 spiro atoms. The molecule has 0 amide bonds. The molecule has 0 saturated carbocycles. The minimum atomic E-state index is 0.697. The Morgan fingerprint density at radius 3 is 2.80 bits per heavy atom. The summed E-state index contributed by atoms with van der Waals surface area (Å²) in [7, 11) is 0. The Morgan fingerprint density at radius 1 is 1.30 bits per heavy atom. The Hall–Kier alpha value is -1.88. The van der Waals surface area contributed by atoms with Crippen molar-refractivity contribution in [3.63, 3.8) is 0 Å². The normalized spacial score (nSPS) is 10.8. The van der Waals surface area contributed by atoms with E-state index in [1.807, 2.05) is 4.68 Å². The monoisotopic (exact) mass is 273 g/mol. The fraction of sp³-hybridized carbons (Fsp3) is 0.467. The molecule has 20 heavy (non-hydrogen) atoms. The molecule has 0 bridgehead atoms. The van der Waals surface area contributed by atoms with E-state index >= 15 is 0 Å². The molecule has 0 aliphatic heterocycles. The van der Waals surface area contributed by atoms with E-state index in [0.717, 1.165) is 31.9 Å². The standard InChI is InChI=1S/C15H23N5/c1-3-20-15(17-12-18-20)11-19(10-6-9-16)14-8-5-4-7-13(14)2/h4-5,7-8,12H,3,6,9-11,16H2,1-2H3. The van der Waals surface area contributed by atoms with Crippen LogP contribution in [0.2, 0.25) is 0 Å². The maximum atomic E-state index is 5.66. The molecule has 5 nitrogen and oxygen atoms in total. The van der Waals surface area contributed by atoms with Gasteiger partial charge in [-0.15, -0.1) is 0 Å². The van der Waals surface area contributed by atoms with Gasteiger partial charge in [0, 0.05) is 18.8 Å². The summed E-state index contributed by atoms with van der Waals surface area (Å²) in [5.74, 6) is 0.993. The predicted molar refractivity (Wildman–Crippen MR) is 81.6 cm³/mol. The van der Waals surface area contributed by atoms with Gasteiger partial charge in [-0.2, -0.15) is 5.10 Å². The molecule has 0 atom stereocenters. The van der Waals surface area contributed by atoms with Crippen LogP contribution in [-0.2, 0) is 13.1 Å². The highest BCUT2D eigenvalue weighted by atomic mass is 15.3. The molecule has 1 aromatic carbocycles. The number of para-hydroxylation sites is 1. The number of rotatable bonds is 7. The lowest BCUT2D eigenvalue weighted by atomic mass is 10.1. The minimum absolute atomic E-state index is 0.697. The summed E-state index contributed by atoms with van der Waals surface area (Å²) in [5.41, 5.74) is 8.18. The van der Waals surface area contributed by atoms with Crippen molar-refractivity contribution in [2.75, 3.05) is 18.0 Å². The van der Waals surface area contributed by atoms with E-state index in [4.69, 9.17) is 5.73 Å². The van der Waals surface area contributed by atoms with E-state index < -0.39 is 0 Å². The zero-order valence-corrected chi connectivity index (χ0v) is 12.3. The van der Waals surface area contributed by atoms with Crippen LogP contribution in [0, 0.1) is 6.92 Å². The van der Waals surface area contributed by atoms with Gasteiger partial charge in [-0.1, -0.05) is 18.2 Å². The Morgan fingerprint density at radius 2 is 2.10 bits per heavy atom. The molecule has 108 valence electrons. The van der Waals surface area contributed by atoms with Gasteiger partial charge >= 0.3 is 0 Å². The fourth-order valence-electron chi connectivity index (χ4n) is 2.33. The van der Waals surface area contributed by atoms with Crippen LogP contribution in [0.3, 0.4) is 0 Å². The quantitative estimate of drug-likeness (QED) is 0.838. The molecule has 5 heteroatoms. The minimum Gasteiger partial charge on any atom is -0.364 e. The van der Waals surface area contributed by atoms with E-state index in [1.165, 1.54) is 11.3 Å². The van der Waals surface area contributed by atoms with Crippen molar-refractivity contribution in [3.8, 4) is 0 Å². The van der Waals surface area contributed by atoms with Gasteiger partial charge in [-0.05, 0) is 38.4 Å². The van der Waals surface area contributed by atoms with Gasteiger partial charge in [0.15, 0.2) is 0 Å². The van der Waals surface area contributed by atoms with Crippen LogP contribution in [0.25, 0.3) is 0 Å². The summed E-state index contributed by atoms with van der Waals surface area (Å²) in [6.07, 6.45) is 2.59. The van der Waals surface area contributed by atoms with E-state index in [9.17, 15) is 0 Å². The molecule has 0 aliphatic rings. The molecule has 0 radical (unpaired) electrons. The van der Waals surface area contributed by atoms with Gasteiger partial charge in [-0.3, -0.25) is 0 Å². The molecule has 2 rings (SSSR count). The second-order valence-electron chi connectivity index (χ2n) is 4.84. The second-order valence-corrected chi connectivity index (χ2v) is 4.84. The number of nitrogens with zero attached hydrogens (tertiary/aromatic N) is 4. The van der Waals surface area contributed by atoms with Crippen LogP contribution in [0.5, 0.6) is 0 Å². The van der Waals surface area contributed by atoms with Crippen LogP contribution < -0.4 is 10.6 Å². The van der Waals surface area contributed by atoms with Gasteiger partial charge in [0.2, 0.25) is 0 Å². The van der Waals surface area contributed by atoms with Gasteiger partial charge in [0.25, 0.3) is 0 Å². The Bertz CT molecular complexity index is 535. The van der Waals surface area contributed by atoms with Crippen LogP contribution >= 0.6 is 0 Å². The van der Waals surface area contributed by atoms with Crippen LogP contribution in [0.1, 0.15) is 24.7 Å². The maximum Gasteiger partial charge on any atom is 0.146 e. The number of benzene rings is 1. The number of anilines is 1. The van der Waals surface area contributed by atoms with Gasteiger partial charge in [-0.25, -0.2) is 9.67 Å². The average molecular weight is 273 g/mol. The average Bonchev–Trinajstić information content (AvgIpc) is 2.91. The number of nitrogens with two attached hydrogens (primary N) is 1. The summed E-state index contributed by atoms with van der Waals surface area (Å²) >= 11 is 0. The lowest BCUT2D eigenvalue weighted by Crippen LogP contribution is -2.28. The first kappa shape index (κ1) is 14.5. The summed E-state index contributed by atoms with van der Waals surface area (Å²) < 4.78 is 1.94. The van der Waals surface area contributed by atoms with Gasteiger partial charge in [0.1, 0.15) is 12.2 Å². The van der Waals surface area contributed by atoms with E-state index in [2.05, 4.69) is 53.1 Å². The summed E-state index contributed by atoms with van der Waals surface area (Å²) in [6, 6.07) is 8.42. The van der Waals surface area contributed by atoms with Crippen molar-refractivity contribution in [1.29, 1.82) is 0 Å². The van der Waals surface area contributed by atoms with Crippen molar-refractivity contribution < 1.29 is 0 Å². The first-order valence-electron chi connectivity index (χ1n) is 7.13. The molecule has 2 N–H and O–H groups in total. The molecule has 0 saturated heterocycles. The largest absolute Gasteiger partial charge is 0.364 e. The third kappa shape index (κ3) is 3.36. The van der Waals surface area contributed by atoms with Crippen molar-refractivity contribution >= 4 is 5.69 Å². The van der Waals surface area contributed by atoms with Gasteiger partial charge in [0.05, 0.1) is 6.54 Å². The van der Waals surface area contributed by atoms with Crippen LogP contribution in [-0.4, -0.2) is 27.9 Å². The molecular weight excluding hydrogens is 250 g/mol. The highest BCUT2D eigenvalue weighted by molar-refractivity contribution is 5.52. The first-order valence-corrected chi connectivity index (χ1v) is 7.13. The van der Waals surface area contributed by atoms with Gasteiger partial charge < -0.3 is 10.6 Å². The highest BCUT2D eigenvalue weighted by Crippen LogP contribution is 2.21. The van der Waals surface area contributed by atoms with Crippen molar-refractivity contribution in [3.05, 3.63) is 42.0 Å². The molecule has 0 unspecified atom stereocenters. The summed E-state index contributed by atoms with van der Waals surface area (Å²) in [6.45, 7) is 7.44. The zero-order chi connectivity index (χ0) is 14.4. The molecule has 0 fully saturated rings. The Kier molecular flexibility index (Phi) is 5.12. The maximum absolute atomic E-state index is 5.66. The summed E-state index contributed by atoms with van der Waals surface area (Å²) in [5, 5.41) is 4.24. The lowest BCUT2D eigenvalue weighted by Gasteiger charge is -2.26.